The molecule has 5 nitrogen and oxygen atoms in total. The molecule has 0 aromatic rings. The van der Waals surface area contributed by atoms with Crippen molar-refractivity contribution in [2.45, 2.75) is 76.7 Å². The first-order valence-electron chi connectivity index (χ1n) is 9.38. The van der Waals surface area contributed by atoms with Crippen LogP contribution in [0.4, 0.5) is 0 Å². The first-order chi connectivity index (χ1) is 11.0. The number of aliphatic hydroxyl groups excluding tert-OH is 1. The van der Waals surface area contributed by atoms with E-state index in [2.05, 4.69) is 4.90 Å². The highest BCUT2D eigenvalue weighted by Gasteiger charge is 2.38. The van der Waals surface area contributed by atoms with Gasteiger partial charge in [-0.3, -0.25) is 9.69 Å². The predicted molar refractivity (Wildman–Crippen MR) is 89.1 cm³/mol. The van der Waals surface area contributed by atoms with Gasteiger partial charge in [-0.15, -0.1) is 0 Å². The zero-order valence-electron chi connectivity index (χ0n) is 14.6. The third kappa shape index (κ3) is 4.25. The van der Waals surface area contributed by atoms with Gasteiger partial charge in [-0.2, -0.15) is 0 Å². The van der Waals surface area contributed by atoms with Gasteiger partial charge in [0.05, 0.1) is 24.9 Å². The topological polar surface area (TPSA) is 53.0 Å². The second-order valence-corrected chi connectivity index (χ2v) is 7.84. The normalized spacial score (nSPS) is 37.3. The first-order valence-corrected chi connectivity index (χ1v) is 9.38. The molecule has 3 rings (SSSR count). The van der Waals surface area contributed by atoms with Crippen LogP contribution in [0.3, 0.4) is 0 Å². The molecule has 0 radical (unpaired) electrons. The van der Waals surface area contributed by atoms with Gasteiger partial charge in [0.15, 0.2) is 0 Å². The van der Waals surface area contributed by atoms with Gasteiger partial charge < -0.3 is 14.7 Å². The number of hydrogen-bond acceptors (Lipinski definition) is 4. The number of carbonyl (C=O) groups is 1. The highest BCUT2D eigenvalue weighted by molar-refractivity contribution is 5.78. The largest absolute Gasteiger partial charge is 0.392 e. The average Bonchev–Trinajstić information content (AvgIpc) is 2.87. The van der Waals surface area contributed by atoms with Gasteiger partial charge in [0, 0.05) is 25.7 Å². The molecule has 2 aliphatic heterocycles. The second kappa shape index (κ2) is 7.49. The summed E-state index contributed by atoms with van der Waals surface area (Å²) in [6.45, 7) is 6.54. The van der Waals surface area contributed by atoms with E-state index in [1.165, 1.54) is 32.1 Å². The van der Waals surface area contributed by atoms with Crippen LogP contribution in [0, 0.1) is 5.92 Å². The van der Waals surface area contributed by atoms with E-state index in [0.717, 1.165) is 6.42 Å². The summed E-state index contributed by atoms with van der Waals surface area (Å²) < 4.78 is 5.72. The Labute approximate surface area is 140 Å². The maximum atomic E-state index is 12.7. The minimum absolute atomic E-state index is 0.112. The molecule has 1 aliphatic carbocycles. The summed E-state index contributed by atoms with van der Waals surface area (Å²) in [5.41, 5.74) is 0. The van der Waals surface area contributed by atoms with Gasteiger partial charge in [-0.05, 0) is 39.0 Å². The predicted octanol–water partition coefficient (Wildman–Crippen LogP) is 1.64. The Balaban J connectivity index is 1.59. The van der Waals surface area contributed by atoms with Crippen molar-refractivity contribution >= 4 is 5.91 Å². The summed E-state index contributed by atoms with van der Waals surface area (Å²) in [7, 11) is 0. The van der Waals surface area contributed by atoms with Gasteiger partial charge in [-0.1, -0.05) is 19.3 Å². The lowest BCUT2D eigenvalue weighted by atomic mass is 9.83. The molecule has 1 amide bonds. The molecule has 3 fully saturated rings. The van der Waals surface area contributed by atoms with E-state index >= 15 is 0 Å². The molecule has 0 aromatic carbocycles. The third-order valence-electron chi connectivity index (χ3n) is 5.73. The highest BCUT2D eigenvalue weighted by atomic mass is 16.5. The van der Waals surface area contributed by atoms with Gasteiger partial charge in [0.2, 0.25) is 5.91 Å². The molecule has 2 heterocycles. The fraction of sp³-hybridized carbons (Fsp3) is 0.944. The number of ether oxygens (including phenoxy) is 1. The zero-order valence-corrected chi connectivity index (χ0v) is 14.6. The van der Waals surface area contributed by atoms with Crippen LogP contribution < -0.4 is 0 Å². The van der Waals surface area contributed by atoms with Crippen molar-refractivity contribution < 1.29 is 14.6 Å². The molecule has 4 unspecified atom stereocenters. The van der Waals surface area contributed by atoms with Gasteiger partial charge in [-0.25, -0.2) is 0 Å². The van der Waals surface area contributed by atoms with E-state index < -0.39 is 0 Å². The van der Waals surface area contributed by atoms with Crippen LogP contribution in [-0.2, 0) is 9.53 Å². The van der Waals surface area contributed by atoms with E-state index in [0.29, 0.717) is 38.1 Å². The fourth-order valence-corrected chi connectivity index (χ4v) is 4.76. The lowest BCUT2D eigenvalue weighted by Gasteiger charge is -2.38. The summed E-state index contributed by atoms with van der Waals surface area (Å²) >= 11 is 0. The number of likely N-dealkylation sites (tertiary alicyclic amines) is 1. The van der Waals surface area contributed by atoms with Crippen LogP contribution in [0.15, 0.2) is 0 Å². The summed E-state index contributed by atoms with van der Waals surface area (Å²) in [6, 6.07) is 0.394. The standard InChI is InChI=1S/C18H32N2O3/c1-13-9-20(10-14(2)23-13)18(22)12-19-11-16(21)8-17(19)15-6-4-3-5-7-15/h13-17,21H,3-12H2,1-2H3. The number of morpholine rings is 1. The molecular formula is C18H32N2O3. The Morgan fingerprint density at radius 3 is 2.39 bits per heavy atom. The van der Waals surface area contributed by atoms with Crippen molar-refractivity contribution in [2.75, 3.05) is 26.2 Å². The SMILES string of the molecule is CC1CN(C(=O)CN2CC(O)CC2C2CCCCC2)CC(C)O1. The number of rotatable bonds is 3. The molecule has 0 bridgehead atoms. The molecule has 0 spiro atoms. The Morgan fingerprint density at radius 1 is 1.09 bits per heavy atom. The van der Waals surface area contributed by atoms with E-state index in [9.17, 15) is 9.90 Å². The Bertz CT molecular complexity index is 401. The van der Waals surface area contributed by atoms with Gasteiger partial charge >= 0.3 is 0 Å². The number of hydrogen-bond donors (Lipinski definition) is 1. The Kier molecular flexibility index (Phi) is 5.60. The van der Waals surface area contributed by atoms with Crippen molar-refractivity contribution in [3.63, 3.8) is 0 Å². The van der Waals surface area contributed by atoms with Gasteiger partial charge in [0.25, 0.3) is 0 Å². The van der Waals surface area contributed by atoms with E-state index in [4.69, 9.17) is 4.74 Å². The number of carbonyl (C=O) groups excluding carboxylic acids is 1. The molecule has 5 heteroatoms. The highest BCUT2D eigenvalue weighted by Crippen LogP contribution is 2.34. The fourth-order valence-electron chi connectivity index (χ4n) is 4.76. The summed E-state index contributed by atoms with van der Waals surface area (Å²) in [4.78, 5) is 16.9. The Hall–Kier alpha value is -0.650. The third-order valence-corrected chi connectivity index (χ3v) is 5.73. The van der Waals surface area contributed by atoms with Crippen molar-refractivity contribution in [1.82, 2.24) is 9.80 Å². The lowest BCUT2D eigenvalue weighted by molar-refractivity contribution is -0.144. The van der Waals surface area contributed by atoms with Crippen LogP contribution >= 0.6 is 0 Å². The maximum absolute atomic E-state index is 12.7. The average molecular weight is 324 g/mol. The number of nitrogens with zero attached hydrogens (tertiary/aromatic N) is 2. The molecule has 3 aliphatic rings. The lowest BCUT2D eigenvalue weighted by Crippen LogP contribution is -2.52. The smallest absolute Gasteiger partial charge is 0.236 e. The number of amides is 1. The van der Waals surface area contributed by atoms with Crippen molar-refractivity contribution in [3.05, 3.63) is 0 Å². The molecule has 23 heavy (non-hydrogen) atoms. The number of β-amino-alcohol motifs (C(OH)–C–C–N with tert-alkyl or cyclic N) is 1. The molecule has 132 valence electrons. The number of aliphatic hydroxyl groups is 1. The van der Waals surface area contributed by atoms with E-state index in [-0.39, 0.29) is 24.2 Å². The molecule has 4 atom stereocenters. The van der Waals surface area contributed by atoms with E-state index in [1.54, 1.807) is 0 Å². The minimum atomic E-state index is -0.266. The van der Waals surface area contributed by atoms with Crippen molar-refractivity contribution in [1.29, 1.82) is 0 Å². The van der Waals surface area contributed by atoms with Crippen LogP contribution in [0.1, 0.15) is 52.4 Å². The minimum Gasteiger partial charge on any atom is -0.392 e. The molecular weight excluding hydrogens is 292 g/mol. The van der Waals surface area contributed by atoms with Crippen molar-refractivity contribution in [2.24, 2.45) is 5.92 Å². The van der Waals surface area contributed by atoms with Crippen LogP contribution in [0.2, 0.25) is 0 Å². The molecule has 1 N–H and O–H groups in total. The van der Waals surface area contributed by atoms with Crippen LogP contribution in [0.25, 0.3) is 0 Å². The molecule has 0 aromatic heterocycles. The quantitative estimate of drug-likeness (QED) is 0.857. The monoisotopic (exact) mass is 324 g/mol. The zero-order chi connectivity index (χ0) is 16.4. The summed E-state index contributed by atoms with van der Waals surface area (Å²) in [5, 5.41) is 10.1. The summed E-state index contributed by atoms with van der Waals surface area (Å²) in [6.07, 6.45) is 7.26. The summed E-state index contributed by atoms with van der Waals surface area (Å²) in [5.74, 6) is 0.859. The maximum Gasteiger partial charge on any atom is 0.236 e. The van der Waals surface area contributed by atoms with Gasteiger partial charge in [0.1, 0.15) is 0 Å². The Morgan fingerprint density at radius 2 is 1.74 bits per heavy atom. The van der Waals surface area contributed by atoms with Crippen LogP contribution in [-0.4, -0.2) is 71.3 Å². The van der Waals surface area contributed by atoms with Crippen LogP contribution in [0.5, 0.6) is 0 Å². The second-order valence-electron chi connectivity index (χ2n) is 7.84. The molecule has 1 saturated carbocycles. The van der Waals surface area contributed by atoms with E-state index in [1.807, 2.05) is 18.7 Å². The van der Waals surface area contributed by atoms with Crippen molar-refractivity contribution in [3.8, 4) is 0 Å². The molecule has 2 saturated heterocycles. The first kappa shape index (κ1) is 17.2.